The summed E-state index contributed by atoms with van der Waals surface area (Å²) in [6.45, 7) is 3.81. The number of nitrogens with one attached hydrogen (secondary N) is 3. The fourth-order valence-electron chi connectivity index (χ4n) is 3.65. The molecule has 1 atom stereocenters. The maximum Gasteiger partial charge on any atom is 0.239 e. The Morgan fingerprint density at radius 2 is 2.25 bits per heavy atom. The Bertz CT molecular complexity index is 988. The van der Waals surface area contributed by atoms with Crippen LogP contribution in [0.3, 0.4) is 0 Å². The fraction of sp³-hybridized carbons (Fsp3) is 0.350. The molecule has 0 bridgehead atoms. The van der Waals surface area contributed by atoms with E-state index in [2.05, 4.69) is 30.5 Å². The summed E-state index contributed by atoms with van der Waals surface area (Å²) in [5, 5.41) is 8.01. The van der Waals surface area contributed by atoms with Crippen LogP contribution in [0.4, 0.5) is 11.5 Å². The van der Waals surface area contributed by atoms with Gasteiger partial charge < -0.3 is 20.5 Å². The molecule has 1 saturated heterocycles. The second kappa shape index (κ2) is 8.06. The van der Waals surface area contributed by atoms with Gasteiger partial charge in [-0.3, -0.25) is 4.79 Å². The number of hydrogen-bond donors (Lipinski definition) is 3. The molecule has 3 aromatic rings. The van der Waals surface area contributed by atoms with E-state index in [4.69, 9.17) is 11.6 Å². The predicted octanol–water partition coefficient (Wildman–Crippen LogP) is 3.12. The van der Waals surface area contributed by atoms with Gasteiger partial charge in [0.2, 0.25) is 5.91 Å². The first-order chi connectivity index (χ1) is 13.6. The highest BCUT2D eigenvalue weighted by atomic mass is 35.5. The maximum absolute atomic E-state index is 12.4. The molecule has 0 aliphatic carbocycles. The Morgan fingerprint density at radius 1 is 1.36 bits per heavy atom. The molecule has 1 aromatic carbocycles. The summed E-state index contributed by atoms with van der Waals surface area (Å²) in [7, 11) is 0. The number of aromatic nitrogens is 3. The number of rotatable bonds is 5. The van der Waals surface area contributed by atoms with Gasteiger partial charge in [0.25, 0.3) is 0 Å². The van der Waals surface area contributed by atoms with Gasteiger partial charge in [-0.1, -0.05) is 17.7 Å². The van der Waals surface area contributed by atoms with E-state index in [0.29, 0.717) is 5.02 Å². The molecule has 146 valence electrons. The van der Waals surface area contributed by atoms with E-state index >= 15 is 0 Å². The van der Waals surface area contributed by atoms with Crippen molar-refractivity contribution in [2.75, 3.05) is 29.9 Å². The van der Waals surface area contributed by atoms with Gasteiger partial charge in [-0.2, -0.15) is 0 Å². The zero-order valence-corrected chi connectivity index (χ0v) is 16.5. The number of H-pyrrole nitrogens is 1. The van der Waals surface area contributed by atoms with Crippen LogP contribution in [0.25, 0.3) is 11.0 Å². The van der Waals surface area contributed by atoms with Gasteiger partial charge >= 0.3 is 0 Å². The van der Waals surface area contributed by atoms with Crippen LogP contribution in [0.2, 0.25) is 5.02 Å². The minimum Gasteiger partial charge on any atom is -0.376 e. The zero-order chi connectivity index (χ0) is 19.5. The SMILES string of the molecule is Cc1c(Cl)cccc1NCC(=O)NC1CCCN(c2ncnc3[nH]ccc23)C1. The largest absolute Gasteiger partial charge is 0.376 e. The third-order valence-corrected chi connectivity index (χ3v) is 5.54. The van der Waals surface area contributed by atoms with Crippen molar-refractivity contribution in [1.29, 1.82) is 0 Å². The lowest BCUT2D eigenvalue weighted by Gasteiger charge is -2.34. The highest BCUT2D eigenvalue weighted by molar-refractivity contribution is 6.31. The number of carbonyl (C=O) groups excluding carboxylic acids is 1. The standard InChI is InChI=1S/C20H23ClN6O/c1-13-16(21)5-2-6-17(13)23-10-18(28)26-14-4-3-9-27(11-14)20-15-7-8-22-19(15)24-12-25-20/h2,5-8,12,14,23H,3-4,9-11H2,1H3,(H,26,28)(H,22,24,25). The molecule has 0 spiro atoms. The van der Waals surface area contributed by atoms with Gasteiger partial charge in [0, 0.05) is 36.0 Å². The molecule has 1 fully saturated rings. The number of aromatic amines is 1. The van der Waals surface area contributed by atoms with Crippen molar-refractivity contribution < 1.29 is 4.79 Å². The summed E-state index contributed by atoms with van der Waals surface area (Å²) in [6.07, 6.45) is 5.41. The number of fused-ring (bicyclic) bond motifs is 1. The molecule has 28 heavy (non-hydrogen) atoms. The lowest BCUT2D eigenvalue weighted by Crippen LogP contribution is -2.49. The van der Waals surface area contributed by atoms with Crippen molar-refractivity contribution >= 4 is 40.0 Å². The van der Waals surface area contributed by atoms with Crippen molar-refractivity contribution in [2.45, 2.75) is 25.8 Å². The van der Waals surface area contributed by atoms with Crippen LogP contribution >= 0.6 is 11.6 Å². The van der Waals surface area contributed by atoms with Crippen LogP contribution in [0.1, 0.15) is 18.4 Å². The summed E-state index contributed by atoms with van der Waals surface area (Å²) in [6, 6.07) is 7.72. The molecule has 0 radical (unpaired) electrons. The van der Waals surface area contributed by atoms with Crippen molar-refractivity contribution in [3.63, 3.8) is 0 Å². The minimum absolute atomic E-state index is 0.0271. The third kappa shape index (κ3) is 3.89. The first-order valence-electron chi connectivity index (χ1n) is 9.43. The van der Waals surface area contributed by atoms with Crippen LogP contribution < -0.4 is 15.5 Å². The third-order valence-electron chi connectivity index (χ3n) is 5.13. The zero-order valence-electron chi connectivity index (χ0n) is 15.7. The van der Waals surface area contributed by atoms with Gasteiger partial charge in [0.05, 0.1) is 11.9 Å². The van der Waals surface area contributed by atoms with Crippen LogP contribution in [0, 0.1) is 6.92 Å². The number of carbonyl (C=O) groups is 1. The number of hydrogen-bond acceptors (Lipinski definition) is 5. The van der Waals surface area contributed by atoms with E-state index in [9.17, 15) is 4.79 Å². The second-order valence-electron chi connectivity index (χ2n) is 7.06. The molecule has 3 N–H and O–H groups in total. The molecule has 7 nitrogen and oxygen atoms in total. The fourth-order valence-corrected chi connectivity index (χ4v) is 3.83. The second-order valence-corrected chi connectivity index (χ2v) is 7.46. The van der Waals surface area contributed by atoms with Crippen LogP contribution in [-0.4, -0.2) is 46.5 Å². The molecule has 1 amide bonds. The maximum atomic E-state index is 12.4. The summed E-state index contributed by atoms with van der Waals surface area (Å²) >= 11 is 6.13. The predicted molar refractivity (Wildman–Crippen MR) is 112 cm³/mol. The first-order valence-corrected chi connectivity index (χ1v) is 9.81. The Balaban J connectivity index is 1.36. The summed E-state index contributed by atoms with van der Waals surface area (Å²) in [5.74, 6) is 0.888. The van der Waals surface area contributed by atoms with Gasteiger partial charge in [0.1, 0.15) is 17.8 Å². The van der Waals surface area contributed by atoms with Crippen molar-refractivity contribution in [3.8, 4) is 0 Å². The van der Waals surface area contributed by atoms with E-state index in [-0.39, 0.29) is 18.5 Å². The van der Waals surface area contributed by atoms with E-state index in [0.717, 1.165) is 54.0 Å². The number of benzene rings is 1. The molecular formula is C20H23ClN6O. The minimum atomic E-state index is -0.0271. The van der Waals surface area contributed by atoms with E-state index in [1.807, 2.05) is 37.4 Å². The molecule has 3 heterocycles. The van der Waals surface area contributed by atoms with Crippen LogP contribution in [0.5, 0.6) is 0 Å². The Labute approximate surface area is 168 Å². The van der Waals surface area contributed by atoms with Gasteiger partial charge in [-0.25, -0.2) is 9.97 Å². The van der Waals surface area contributed by atoms with E-state index < -0.39 is 0 Å². The monoisotopic (exact) mass is 398 g/mol. The smallest absolute Gasteiger partial charge is 0.239 e. The lowest BCUT2D eigenvalue weighted by atomic mass is 10.1. The number of halogens is 1. The van der Waals surface area contributed by atoms with Crippen LogP contribution in [-0.2, 0) is 4.79 Å². The molecule has 1 aliphatic heterocycles. The van der Waals surface area contributed by atoms with Gasteiger partial charge in [-0.05, 0) is 43.5 Å². The Hall–Kier alpha value is -2.80. The molecule has 4 rings (SSSR count). The van der Waals surface area contributed by atoms with Crippen LogP contribution in [0.15, 0.2) is 36.8 Å². The highest BCUT2D eigenvalue weighted by Gasteiger charge is 2.23. The Morgan fingerprint density at radius 3 is 3.14 bits per heavy atom. The molecule has 8 heteroatoms. The molecule has 1 unspecified atom stereocenters. The number of anilines is 2. The van der Waals surface area contributed by atoms with E-state index in [1.165, 1.54) is 0 Å². The number of nitrogens with zero attached hydrogens (tertiary/aromatic N) is 3. The summed E-state index contributed by atoms with van der Waals surface area (Å²) in [4.78, 5) is 26.5. The van der Waals surface area contributed by atoms with Crippen molar-refractivity contribution in [1.82, 2.24) is 20.3 Å². The normalized spacial score (nSPS) is 16.9. The van der Waals surface area contributed by atoms with Crippen molar-refractivity contribution in [2.24, 2.45) is 0 Å². The summed E-state index contributed by atoms with van der Waals surface area (Å²) < 4.78 is 0. The topological polar surface area (TPSA) is 85.9 Å². The quantitative estimate of drug-likeness (QED) is 0.614. The average Bonchev–Trinajstić information content (AvgIpc) is 3.18. The molecule has 2 aromatic heterocycles. The van der Waals surface area contributed by atoms with Crippen molar-refractivity contribution in [3.05, 3.63) is 47.4 Å². The molecule has 1 aliphatic rings. The van der Waals surface area contributed by atoms with Gasteiger partial charge in [0.15, 0.2) is 0 Å². The Kier molecular flexibility index (Phi) is 5.34. The highest BCUT2D eigenvalue weighted by Crippen LogP contribution is 2.25. The summed E-state index contributed by atoms with van der Waals surface area (Å²) in [5.41, 5.74) is 2.65. The number of piperidine rings is 1. The molecule has 0 saturated carbocycles. The average molecular weight is 399 g/mol. The number of amides is 1. The van der Waals surface area contributed by atoms with Gasteiger partial charge in [-0.15, -0.1) is 0 Å². The molecular weight excluding hydrogens is 376 g/mol. The lowest BCUT2D eigenvalue weighted by molar-refractivity contribution is -0.120. The van der Waals surface area contributed by atoms with E-state index in [1.54, 1.807) is 6.33 Å². The first kappa shape index (κ1) is 18.6.